The molecule has 0 unspecified atom stereocenters. The molecule has 1 N–H and O–H groups in total. The van der Waals surface area contributed by atoms with E-state index in [0.29, 0.717) is 32.8 Å². The molecule has 0 bridgehead atoms. The number of morpholine rings is 1. The van der Waals surface area contributed by atoms with Crippen molar-refractivity contribution in [1.29, 1.82) is 0 Å². The van der Waals surface area contributed by atoms with Gasteiger partial charge in [-0.05, 0) is 12.1 Å². The Morgan fingerprint density at radius 3 is 2.83 bits per heavy atom. The van der Waals surface area contributed by atoms with Crippen LogP contribution in [0.3, 0.4) is 0 Å². The average Bonchev–Trinajstić information content (AvgIpc) is 2.92. The summed E-state index contributed by atoms with van der Waals surface area (Å²) in [5.74, 6) is 0.0816. The van der Waals surface area contributed by atoms with Crippen molar-refractivity contribution in [3.63, 3.8) is 0 Å². The number of hydrogen-bond donors (Lipinski definition) is 1. The number of nitrogens with one attached hydrogen (secondary N) is 1. The van der Waals surface area contributed by atoms with E-state index >= 15 is 0 Å². The fraction of sp³-hybridized carbons (Fsp3) is 0.571. The van der Waals surface area contributed by atoms with Crippen LogP contribution in [0.2, 0.25) is 0 Å². The Kier molecular flexibility index (Phi) is 3.82. The topological polar surface area (TPSA) is 101 Å². The molecule has 0 radical (unpaired) electrons. The van der Waals surface area contributed by atoms with E-state index in [4.69, 9.17) is 9.47 Å². The summed E-state index contributed by atoms with van der Waals surface area (Å²) in [4.78, 5) is 20.0. The second-order valence-corrected chi connectivity index (χ2v) is 7.66. The van der Waals surface area contributed by atoms with Crippen LogP contribution in [0.1, 0.15) is 0 Å². The van der Waals surface area contributed by atoms with Gasteiger partial charge >= 0.3 is 6.03 Å². The van der Waals surface area contributed by atoms with E-state index in [1.54, 1.807) is 15.9 Å². The lowest BCUT2D eigenvalue weighted by atomic mass is 10.2. The number of urea groups is 1. The fourth-order valence-corrected chi connectivity index (χ4v) is 4.53. The molecule has 0 spiro atoms. The minimum absolute atomic E-state index is 0.0328. The number of aromatic nitrogens is 1. The highest BCUT2D eigenvalue weighted by Gasteiger charge is 2.44. The Balaban J connectivity index is 1.55. The molecule has 1 aromatic heterocycles. The van der Waals surface area contributed by atoms with Gasteiger partial charge in [0.25, 0.3) is 0 Å². The van der Waals surface area contributed by atoms with Gasteiger partial charge in [-0.25, -0.2) is 22.9 Å². The second-order valence-electron chi connectivity index (χ2n) is 5.98. The first-order valence-electron chi connectivity index (χ1n) is 7.80. The van der Waals surface area contributed by atoms with E-state index in [9.17, 15) is 13.2 Å². The number of amides is 2. The van der Waals surface area contributed by atoms with Gasteiger partial charge in [0.15, 0.2) is 0 Å². The maximum Gasteiger partial charge on any atom is 0.320 e. The van der Waals surface area contributed by atoms with Crippen LogP contribution in [-0.2, 0) is 14.8 Å². The highest BCUT2D eigenvalue weighted by atomic mass is 32.2. The molecule has 0 aromatic carbocycles. The Labute approximate surface area is 139 Å². The van der Waals surface area contributed by atoms with Crippen LogP contribution in [-0.4, -0.2) is 80.8 Å². The first kappa shape index (κ1) is 15.6. The number of carbonyl (C=O) groups is 1. The molecule has 3 aliphatic rings. The molecule has 0 aliphatic carbocycles. The molecule has 2 atom stereocenters. The lowest BCUT2D eigenvalue weighted by Gasteiger charge is -2.31. The molecule has 10 heteroatoms. The SMILES string of the molecule is O=C(N1CCOCC1)N1C[C@@H]2Oc3ncccc3S(=O)(=O)N[C@@H]2C1. The molecular weight excluding hydrogens is 336 g/mol. The minimum Gasteiger partial charge on any atom is -0.470 e. The monoisotopic (exact) mass is 354 g/mol. The summed E-state index contributed by atoms with van der Waals surface area (Å²) in [5.41, 5.74) is 0. The highest BCUT2D eigenvalue weighted by Crippen LogP contribution is 2.29. The standard InChI is InChI=1S/C14H18N4O5S/c19-14(17-4-6-22-7-5-17)18-8-10-11(9-18)23-13-12(2-1-3-15-13)24(20,21)16-10/h1-3,10-11,16H,4-9H2/t10-,11+/m1/s1. The Morgan fingerprint density at radius 1 is 1.25 bits per heavy atom. The number of pyridine rings is 1. The number of rotatable bonds is 0. The molecule has 0 saturated carbocycles. The zero-order valence-electron chi connectivity index (χ0n) is 12.9. The van der Waals surface area contributed by atoms with E-state index in [2.05, 4.69) is 9.71 Å². The number of ether oxygens (including phenoxy) is 2. The smallest absolute Gasteiger partial charge is 0.320 e. The first-order chi connectivity index (χ1) is 11.5. The highest BCUT2D eigenvalue weighted by molar-refractivity contribution is 7.89. The molecule has 130 valence electrons. The lowest BCUT2D eigenvalue weighted by Crippen LogP contribution is -2.48. The van der Waals surface area contributed by atoms with Crippen molar-refractivity contribution in [1.82, 2.24) is 19.5 Å². The maximum absolute atomic E-state index is 12.6. The van der Waals surface area contributed by atoms with Gasteiger partial charge in [0.1, 0.15) is 11.0 Å². The van der Waals surface area contributed by atoms with Crippen molar-refractivity contribution in [2.75, 3.05) is 39.4 Å². The van der Waals surface area contributed by atoms with Crippen molar-refractivity contribution < 1.29 is 22.7 Å². The maximum atomic E-state index is 12.6. The number of likely N-dealkylation sites (tertiary alicyclic amines) is 1. The van der Waals surface area contributed by atoms with Crippen LogP contribution >= 0.6 is 0 Å². The molecule has 2 amide bonds. The minimum atomic E-state index is -3.72. The van der Waals surface area contributed by atoms with Gasteiger partial charge in [-0.3, -0.25) is 0 Å². The fourth-order valence-electron chi connectivity index (χ4n) is 3.19. The summed E-state index contributed by atoms with van der Waals surface area (Å²) in [6, 6.07) is 2.41. The van der Waals surface area contributed by atoms with Crippen LogP contribution in [0.5, 0.6) is 5.88 Å². The molecule has 1 aromatic rings. The van der Waals surface area contributed by atoms with Crippen LogP contribution < -0.4 is 9.46 Å². The number of fused-ring (bicyclic) bond motifs is 2. The number of carbonyl (C=O) groups excluding carboxylic acids is 1. The van der Waals surface area contributed by atoms with E-state index in [0.717, 1.165) is 0 Å². The quantitative estimate of drug-likeness (QED) is 0.658. The van der Waals surface area contributed by atoms with E-state index in [-0.39, 0.29) is 23.4 Å². The normalized spacial score (nSPS) is 28.5. The van der Waals surface area contributed by atoms with Crippen molar-refractivity contribution in [3.05, 3.63) is 18.3 Å². The van der Waals surface area contributed by atoms with Gasteiger partial charge in [0.05, 0.1) is 25.8 Å². The van der Waals surface area contributed by atoms with Crippen molar-refractivity contribution in [3.8, 4) is 5.88 Å². The second kappa shape index (κ2) is 5.87. The number of sulfonamides is 1. The summed E-state index contributed by atoms with van der Waals surface area (Å²) >= 11 is 0. The summed E-state index contributed by atoms with van der Waals surface area (Å²) in [7, 11) is -3.72. The van der Waals surface area contributed by atoms with E-state index < -0.39 is 22.2 Å². The van der Waals surface area contributed by atoms with Crippen LogP contribution in [0.15, 0.2) is 23.2 Å². The summed E-state index contributed by atoms with van der Waals surface area (Å²) in [5, 5.41) is 0. The molecular formula is C14H18N4O5S. The number of nitrogens with zero attached hydrogens (tertiary/aromatic N) is 3. The van der Waals surface area contributed by atoms with Gasteiger partial charge < -0.3 is 19.3 Å². The largest absolute Gasteiger partial charge is 0.470 e. The predicted octanol–water partition coefficient (Wildman–Crippen LogP) is -0.743. The molecule has 24 heavy (non-hydrogen) atoms. The van der Waals surface area contributed by atoms with Crippen molar-refractivity contribution in [2.45, 2.75) is 17.0 Å². The Bertz CT molecular complexity index is 749. The third kappa shape index (κ3) is 2.70. The Morgan fingerprint density at radius 2 is 2.04 bits per heavy atom. The molecule has 3 aliphatic heterocycles. The van der Waals surface area contributed by atoms with E-state index in [1.807, 2.05) is 0 Å². The summed E-state index contributed by atoms with van der Waals surface area (Å²) < 4.78 is 38.6. The molecule has 4 rings (SSSR count). The average molecular weight is 354 g/mol. The summed E-state index contributed by atoms with van der Waals surface area (Å²) in [6.45, 7) is 2.72. The molecule has 4 heterocycles. The number of hydrogen-bond acceptors (Lipinski definition) is 6. The van der Waals surface area contributed by atoms with Crippen LogP contribution in [0, 0.1) is 0 Å². The Hall–Kier alpha value is -1.91. The molecule has 2 saturated heterocycles. The predicted molar refractivity (Wildman–Crippen MR) is 82.1 cm³/mol. The van der Waals surface area contributed by atoms with Crippen molar-refractivity contribution >= 4 is 16.1 Å². The summed E-state index contributed by atoms with van der Waals surface area (Å²) in [6.07, 6.45) is 1.03. The zero-order chi connectivity index (χ0) is 16.7. The van der Waals surface area contributed by atoms with Gasteiger partial charge in [0, 0.05) is 25.8 Å². The van der Waals surface area contributed by atoms with Gasteiger partial charge in [-0.15, -0.1) is 0 Å². The molecule has 9 nitrogen and oxygen atoms in total. The molecule has 2 fully saturated rings. The zero-order valence-corrected chi connectivity index (χ0v) is 13.7. The third-order valence-corrected chi connectivity index (χ3v) is 5.92. The third-order valence-electron chi connectivity index (χ3n) is 4.41. The van der Waals surface area contributed by atoms with Gasteiger partial charge in [-0.1, -0.05) is 0 Å². The lowest BCUT2D eigenvalue weighted by molar-refractivity contribution is 0.0442. The van der Waals surface area contributed by atoms with Gasteiger partial charge in [0.2, 0.25) is 15.9 Å². The van der Waals surface area contributed by atoms with Crippen LogP contribution in [0.4, 0.5) is 4.79 Å². The van der Waals surface area contributed by atoms with Crippen LogP contribution in [0.25, 0.3) is 0 Å². The first-order valence-corrected chi connectivity index (χ1v) is 9.28. The van der Waals surface area contributed by atoms with Gasteiger partial charge in [-0.2, -0.15) is 0 Å². The van der Waals surface area contributed by atoms with E-state index in [1.165, 1.54) is 12.3 Å². The van der Waals surface area contributed by atoms with Crippen molar-refractivity contribution in [2.24, 2.45) is 0 Å².